The van der Waals surface area contributed by atoms with Gasteiger partial charge in [0.2, 0.25) is 5.95 Å². The maximum absolute atomic E-state index is 9.13. The summed E-state index contributed by atoms with van der Waals surface area (Å²) in [4.78, 5) is 10.6. The van der Waals surface area contributed by atoms with Gasteiger partial charge in [0.1, 0.15) is 11.6 Å². The van der Waals surface area contributed by atoms with Crippen LogP contribution in [0.4, 0.5) is 17.6 Å². The second-order valence-corrected chi connectivity index (χ2v) is 4.61. The molecule has 2 heterocycles. The molecule has 1 aliphatic rings. The van der Waals surface area contributed by atoms with Crippen LogP contribution < -0.4 is 16.0 Å². The third-order valence-electron chi connectivity index (χ3n) is 3.28. The zero-order chi connectivity index (χ0) is 13.0. The van der Waals surface area contributed by atoms with Gasteiger partial charge < -0.3 is 21.1 Å². The van der Waals surface area contributed by atoms with Crippen LogP contribution in [0.2, 0.25) is 0 Å². The van der Waals surface area contributed by atoms with E-state index in [2.05, 4.69) is 20.2 Å². The number of nitrogens with zero attached hydrogens (tertiary/aromatic N) is 3. The Balaban J connectivity index is 2.08. The monoisotopic (exact) mass is 251 g/mol. The molecule has 0 bridgehead atoms. The topological polar surface area (TPSA) is 87.3 Å². The van der Waals surface area contributed by atoms with Gasteiger partial charge in [0.15, 0.2) is 0 Å². The smallest absolute Gasteiger partial charge is 0.223 e. The van der Waals surface area contributed by atoms with Gasteiger partial charge in [0.25, 0.3) is 0 Å². The third kappa shape index (κ3) is 3.01. The zero-order valence-corrected chi connectivity index (χ0v) is 10.8. The number of piperidine rings is 1. The van der Waals surface area contributed by atoms with Gasteiger partial charge in [-0.1, -0.05) is 0 Å². The van der Waals surface area contributed by atoms with Crippen LogP contribution in [0.5, 0.6) is 0 Å². The van der Waals surface area contributed by atoms with Gasteiger partial charge in [-0.15, -0.1) is 0 Å². The number of anilines is 3. The molecule has 0 atom stereocenters. The van der Waals surface area contributed by atoms with E-state index in [1.54, 1.807) is 0 Å². The third-order valence-corrected chi connectivity index (χ3v) is 3.28. The minimum Gasteiger partial charge on any atom is -0.396 e. The van der Waals surface area contributed by atoms with Crippen molar-refractivity contribution in [3.8, 4) is 0 Å². The summed E-state index contributed by atoms with van der Waals surface area (Å²) >= 11 is 0. The Morgan fingerprint density at radius 1 is 1.44 bits per heavy atom. The molecule has 4 N–H and O–H groups in total. The van der Waals surface area contributed by atoms with Crippen LogP contribution in [0.15, 0.2) is 6.07 Å². The first-order chi connectivity index (χ1) is 8.72. The molecule has 0 aliphatic carbocycles. The first-order valence-electron chi connectivity index (χ1n) is 6.47. The van der Waals surface area contributed by atoms with Crippen LogP contribution in [0.1, 0.15) is 19.8 Å². The summed E-state index contributed by atoms with van der Waals surface area (Å²) in [5.41, 5.74) is 5.72. The molecule has 0 amide bonds. The Morgan fingerprint density at radius 3 is 2.78 bits per heavy atom. The summed E-state index contributed by atoms with van der Waals surface area (Å²) < 4.78 is 0. The van der Waals surface area contributed by atoms with Crippen LogP contribution >= 0.6 is 0 Å². The molecule has 2 rings (SSSR count). The lowest BCUT2D eigenvalue weighted by Crippen LogP contribution is -2.35. The normalized spacial score (nSPS) is 16.9. The second kappa shape index (κ2) is 5.86. The zero-order valence-electron chi connectivity index (χ0n) is 10.8. The van der Waals surface area contributed by atoms with E-state index in [-0.39, 0.29) is 6.61 Å². The molecule has 1 aromatic heterocycles. The van der Waals surface area contributed by atoms with Crippen LogP contribution in [-0.4, -0.2) is 41.3 Å². The standard InChI is InChI=1S/C12H21N5O/c1-2-14-10-7-11(16-12(13)15-10)17-5-3-9(8-18)4-6-17/h7,9,18H,2-6,8H2,1H3,(H3,13,14,15,16). The van der Waals surface area contributed by atoms with E-state index in [1.807, 2.05) is 13.0 Å². The Labute approximate surface area is 107 Å². The highest BCUT2D eigenvalue weighted by atomic mass is 16.3. The largest absolute Gasteiger partial charge is 0.396 e. The molecule has 0 spiro atoms. The minimum absolute atomic E-state index is 0.280. The fraction of sp³-hybridized carbons (Fsp3) is 0.667. The van der Waals surface area contributed by atoms with Gasteiger partial charge in [-0.2, -0.15) is 9.97 Å². The number of nitrogen functional groups attached to an aromatic ring is 1. The molecular weight excluding hydrogens is 230 g/mol. The maximum Gasteiger partial charge on any atom is 0.223 e. The van der Waals surface area contributed by atoms with Crippen LogP contribution in [0.3, 0.4) is 0 Å². The number of aliphatic hydroxyl groups excluding tert-OH is 1. The summed E-state index contributed by atoms with van der Waals surface area (Å²) in [6, 6.07) is 1.93. The lowest BCUT2D eigenvalue weighted by atomic mass is 9.98. The molecular formula is C12H21N5O. The van der Waals surface area contributed by atoms with Crippen molar-refractivity contribution >= 4 is 17.6 Å². The van der Waals surface area contributed by atoms with E-state index in [0.29, 0.717) is 11.9 Å². The number of aliphatic hydroxyl groups is 1. The van der Waals surface area contributed by atoms with Crippen molar-refractivity contribution in [1.29, 1.82) is 0 Å². The summed E-state index contributed by atoms with van der Waals surface area (Å²) in [6.07, 6.45) is 1.99. The predicted molar refractivity (Wildman–Crippen MR) is 72.6 cm³/mol. The van der Waals surface area contributed by atoms with E-state index >= 15 is 0 Å². The molecule has 6 nitrogen and oxygen atoms in total. The molecule has 0 radical (unpaired) electrons. The molecule has 100 valence electrons. The van der Waals surface area contributed by atoms with Gasteiger partial charge in [-0.05, 0) is 25.7 Å². The highest BCUT2D eigenvalue weighted by Gasteiger charge is 2.20. The number of nitrogens with two attached hydrogens (primary N) is 1. The quantitative estimate of drug-likeness (QED) is 0.730. The predicted octanol–water partition coefficient (Wildman–Crippen LogP) is 0.699. The molecule has 1 fully saturated rings. The summed E-state index contributed by atoms with van der Waals surface area (Å²) in [6.45, 7) is 4.93. The number of nitrogens with one attached hydrogen (secondary N) is 1. The SMILES string of the molecule is CCNc1cc(N2CCC(CO)CC2)nc(N)n1. The molecule has 18 heavy (non-hydrogen) atoms. The first-order valence-corrected chi connectivity index (χ1v) is 6.47. The first kappa shape index (κ1) is 12.9. The molecule has 0 saturated carbocycles. The fourth-order valence-corrected chi connectivity index (χ4v) is 2.23. The highest BCUT2D eigenvalue weighted by molar-refractivity contribution is 5.52. The van der Waals surface area contributed by atoms with Crippen molar-refractivity contribution in [2.75, 3.05) is 42.2 Å². The van der Waals surface area contributed by atoms with Crippen molar-refractivity contribution in [1.82, 2.24) is 9.97 Å². The summed E-state index contributed by atoms with van der Waals surface area (Å²) in [5, 5.41) is 12.3. The van der Waals surface area contributed by atoms with Gasteiger partial charge in [-0.25, -0.2) is 0 Å². The number of hydrogen-bond acceptors (Lipinski definition) is 6. The molecule has 1 saturated heterocycles. The average Bonchev–Trinajstić information content (AvgIpc) is 2.38. The van der Waals surface area contributed by atoms with E-state index in [1.165, 1.54) is 0 Å². The fourth-order valence-electron chi connectivity index (χ4n) is 2.23. The second-order valence-electron chi connectivity index (χ2n) is 4.61. The van der Waals surface area contributed by atoms with E-state index in [0.717, 1.165) is 44.1 Å². The van der Waals surface area contributed by atoms with Crippen molar-refractivity contribution < 1.29 is 5.11 Å². The Kier molecular flexibility index (Phi) is 4.19. The van der Waals surface area contributed by atoms with Gasteiger partial charge in [0.05, 0.1) is 0 Å². The number of aromatic nitrogens is 2. The van der Waals surface area contributed by atoms with E-state index in [9.17, 15) is 0 Å². The Morgan fingerprint density at radius 2 is 2.17 bits per heavy atom. The highest BCUT2D eigenvalue weighted by Crippen LogP contribution is 2.23. The number of hydrogen-bond donors (Lipinski definition) is 3. The van der Waals surface area contributed by atoms with Crippen LogP contribution in [-0.2, 0) is 0 Å². The van der Waals surface area contributed by atoms with Gasteiger partial charge in [-0.3, -0.25) is 0 Å². The maximum atomic E-state index is 9.13. The van der Waals surface area contributed by atoms with E-state index < -0.39 is 0 Å². The minimum atomic E-state index is 0.280. The van der Waals surface area contributed by atoms with Crippen LogP contribution in [0, 0.1) is 5.92 Å². The number of rotatable bonds is 4. The van der Waals surface area contributed by atoms with Crippen molar-refractivity contribution in [3.05, 3.63) is 6.07 Å². The lowest BCUT2D eigenvalue weighted by molar-refractivity contribution is 0.203. The van der Waals surface area contributed by atoms with Gasteiger partial charge in [0, 0.05) is 32.3 Å². The Bertz CT molecular complexity index is 390. The molecule has 0 aromatic carbocycles. The molecule has 0 unspecified atom stereocenters. The van der Waals surface area contributed by atoms with Gasteiger partial charge >= 0.3 is 0 Å². The Hall–Kier alpha value is -1.56. The lowest BCUT2D eigenvalue weighted by Gasteiger charge is -2.32. The average molecular weight is 251 g/mol. The molecule has 1 aromatic rings. The van der Waals surface area contributed by atoms with E-state index in [4.69, 9.17) is 10.8 Å². The van der Waals surface area contributed by atoms with Crippen molar-refractivity contribution in [2.45, 2.75) is 19.8 Å². The molecule has 6 heteroatoms. The molecule has 1 aliphatic heterocycles. The summed E-state index contributed by atoms with van der Waals surface area (Å²) in [7, 11) is 0. The van der Waals surface area contributed by atoms with Crippen molar-refractivity contribution in [2.24, 2.45) is 5.92 Å². The van der Waals surface area contributed by atoms with Crippen molar-refractivity contribution in [3.63, 3.8) is 0 Å². The van der Waals surface area contributed by atoms with Crippen LogP contribution in [0.25, 0.3) is 0 Å². The summed E-state index contributed by atoms with van der Waals surface area (Å²) in [5.74, 6) is 2.36.